The fourth-order valence-electron chi connectivity index (χ4n) is 0.294. The van der Waals surface area contributed by atoms with E-state index in [1.807, 2.05) is 0 Å². The van der Waals surface area contributed by atoms with Gasteiger partial charge in [-0.15, -0.1) is 10.5 Å². The molecule has 0 fully saturated rings. The molecule has 0 aromatic heterocycles. The van der Waals surface area contributed by atoms with E-state index in [0.717, 1.165) is 12.5 Å². The van der Waals surface area contributed by atoms with Crippen molar-refractivity contribution in [1.82, 2.24) is 0 Å². The van der Waals surface area contributed by atoms with E-state index in [-0.39, 0.29) is 0 Å². The number of nitrogens with zero attached hydrogens (tertiary/aromatic N) is 2. The summed E-state index contributed by atoms with van der Waals surface area (Å²) in [7, 11) is 0. The van der Waals surface area contributed by atoms with Gasteiger partial charge in [-0.3, -0.25) is 0 Å². The Balaban J connectivity index is 3.93. The first kappa shape index (κ1) is 9.66. The third-order valence-electron chi connectivity index (χ3n) is 0.648. The van der Waals surface area contributed by atoms with Crippen LogP contribution >= 0.6 is 0 Å². The molecule has 0 N–H and O–H groups in total. The van der Waals surface area contributed by atoms with E-state index >= 15 is 0 Å². The third-order valence-corrected chi connectivity index (χ3v) is 0.648. The molecule has 0 spiro atoms. The Morgan fingerprint density at radius 1 is 1.00 bits per heavy atom. The summed E-state index contributed by atoms with van der Waals surface area (Å²) in [6, 6.07) is 0. The van der Waals surface area contributed by atoms with Crippen LogP contribution in [0.3, 0.4) is 0 Å². The van der Waals surface area contributed by atoms with Crippen LogP contribution in [-0.4, -0.2) is 11.9 Å². The van der Waals surface area contributed by atoms with Gasteiger partial charge < -0.3 is 9.47 Å². The summed E-state index contributed by atoms with van der Waals surface area (Å²) < 4.78 is 7.52. The van der Waals surface area contributed by atoms with Crippen LogP contribution in [0.5, 0.6) is 0 Å². The van der Waals surface area contributed by atoms with E-state index in [4.69, 9.17) is 10.5 Å². The monoisotopic (exact) mass is 166 g/mol. The van der Waals surface area contributed by atoms with Gasteiger partial charge in [0.15, 0.2) is 0 Å². The molecule has 0 aliphatic heterocycles. The lowest BCUT2D eigenvalue weighted by molar-refractivity contribution is -0.134. The van der Waals surface area contributed by atoms with Gasteiger partial charge >= 0.3 is 11.9 Å². The first-order valence-electron chi connectivity index (χ1n) is 2.58. The molecule has 0 rings (SSSR count). The van der Waals surface area contributed by atoms with Crippen molar-refractivity contribution in [2.24, 2.45) is 0 Å². The van der Waals surface area contributed by atoms with E-state index in [9.17, 15) is 9.59 Å². The third kappa shape index (κ3) is 4.53. The van der Waals surface area contributed by atoms with Crippen molar-refractivity contribution < 1.29 is 19.1 Å². The average molecular weight is 166 g/mol. The Morgan fingerprint density at radius 2 is 1.33 bits per heavy atom. The van der Waals surface area contributed by atoms with Crippen LogP contribution in [-0.2, 0) is 19.1 Å². The van der Waals surface area contributed by atoms with Crippen LogP contribution in [0.4, 0.5) is 0 Å². The Bertz CT molecular complexity index is 264. The van der Waals surface area contributed by atoms with Gasteiger partial charge in [-0.25, -0.2) is 9.59 Å². The predicted molar refractivity (Wildman–Crippen MR) is 32.5 cm³/mol. The van der Waals surface area contributed by atoms with Gasteiger partial charge in [-0.2, -0.15) is 0 Å². The number of rotatable bonds is 2. The Kier molecular flexibility index (Phi) is 4.38. The van der Waals surface area contributed by atoms with Crippen molar-refractivity contribution in [2.75, 3.05) is 0 Å². The SMILES string of the molecule is N#COC(=O)/C=C/C(=O)OC#N. The standard InChI is InChI=1S/C6H2N2O4/c7-3-11-5(9)1-2-6(10)12-4-8/h1-2H/b2-1+. The molecule has 0 aromatic carbocycles. The quantitative estimate of drug-likeness (QED) is 0.314. The highest BCUT2D eigenvalue weighted by molar-refractivity contribution is 5.92. The molecular weight excluding hydrogens is 164 g/mol. The van der Waals surface area contributed by atoms with Gasteiger partial charge in [0.2, 0.25) is 0 Å². The highest BCUT2D eigenvalue weighted by Crippen LogP contribution is 1.82. The number of hydrogen-bond acceptors (Lipinski definition) is 6. The Hall–Kier alpha value is -2.34. The zero-order valence-corrected chi connectivity index (χ0v) is 5.68. The largest absolute Gasteiger partial charge is 0.347 e. The van der Waals surface area contributed by atoms with Crippen LogP contribution in [0.15, 0.2) is 12.2 Å². The molecule has 0 unspecified atom stereocenters. The van der Waals surface area contributed by atoms with Crippen LogP contribution in [0.25, 0.3) is 0 Å². The van der Waals surface area contributed by atoms with Crippen molar-refractivity contribution >= 4 is 11.9 Å². The summed E-state index contributed by atoms with van der Waals surface area (Å²) in [5.74, 6) is -2.01. The zero-order valence-electron chi connectivity index (χ0n) is 5.68. The van der Waals surface area contributed by atoms with Crippen molar-refractivity contribution in [1.29, 1.82) is 10.5 Å². The molecule has 0 radical (unpaired) electrons. The first-order chi connectivity index (χ1) is 5.70. The minimum atomic E-state index is -1.01. The maximum absolute atomic E-state index is 10.3. The molecule has 6 nitrogen and oxygen atoms in total. The van der Waals surface area contributed by atoms with E-state index in [1.54, 1.807) is 0 Å². The van der Waals surface area contributed by atoms with Crippen molar-refractivity contribution in [3.8, 4) is 12.5 Å². The lowest BCUT2D eigenvalue weighted by Gasteiger charge is -1.84. The summed E-state index contributed by atoms with van der Waals surface area (Å²) in [6.07, 6.45) is 3.55. The predicted octanol–water partition coefficient (Wildman–Crippen LogP) is -0.409. The van der Waals surface area contributed by atoms with E-state index in [2.05, 4.69) is 9.47 Å². The summed E-state index contributed by atoms with van der Waals surface area (Å²) >= 11 is 0. The maximum atomic E-state index is 10.3. The second kappa shape index (κ2) is 5.45. The molecule has 60 valence electrons. The topological polar surface area (TPSA) is 100 Å². The summed E-state index contributed by atoms with van der Waals surface area (Å²) in [4.78, 5) is 20.7. The second-order valence-corrected chi connectivity index (χ2v) is 1.36. The fourth-order valence-corrected chi connectivity index (χ4v) is 0.294. The number of carbonyl (C=O) groups is 2. The molecule has 12 heavy (non-hydrogen) atoms. The lowest BCUT2D eigenvalue weighted by Crippen LogP contribution is -1.98. The zero-order chi connectivity index (χ0) is 9.40. The van der Waals surface area contributed by atoms with Crippen molar-refractivity contribution in [3.05, 3.63) is 12.2 Å². The molecule has 0 amide bonds. The van der Waals surface area contributed by atoms with E-state index in [1.165, 1.54) is 0 Å². The Labute approximate surface area is 67.2 Å². The number of carbonyl (C=O) groups excluding carboxylic acids is 2. The van der Waals surface area contributed by atoms with Gasteiger partial charge in [-0.1, -0.05) is 0 Å². The molecule has 0 aliphatic rings. The van der Waals surface area contributed by atoms with Gasteiger partial charge in [0.1, 0.15) is 0 Å². The Morgan fingerprint density at radius 3 is 1.58 bits per heavy atom. The number of esters is 2. The number of hydrogen-bond donors (Lipinski definition) is 0. The van der Waals surface area contributed by atoms with Gasteiger partial charge in [0, 0.05) is 12.2 Å². The minimum Gasteiger partial charge on any atom is -0.347 e. The average Bonchev–Trinajstić information content (AvgIpc) is 2.02. The molecule has 0 saturated carbocycles. The number of ether oxygens (including phenoxy) is 2. The van der Waals surface area contributed by atoms with Gasteiger partial charge in [0.05, 0.1) is 0 Å². The molecule has 0 bridgehead atoms. The van der Waals surface area contributed by atoms with Gasteiger partial charge in [0.25, 0.3) is 12.5 Å². The first-order valence-corrected chi connectivity index (χ1v) is 2.58. The van der Waals surface area contributed by atoms with Gasteiger partial charge in [-0.05, 0) is 0 Å². The molecule has 0 heterocycles. The molecule has 6 heteroatoms. The molecule has 0 saturated heterocycles. The van der Waals surface area contributed by atoms with Crippen LogP contribution < -0.4 is 0 Å². The van der Waals surface area contributed by atoms with Crippen LogP contribution in [0.1, 0.15) is 0 Å². The normalized spacial score (nSPS) is 8.17. The highest BCUT2D eigenvalue weighted by Gasteiger charge is 1.98. The molecule has 0 atom stereocenters. The number of nitriles is 2. The fraction of sp³-hybridized carbons (Fsp3) is 0. The highest BCUT2D eigenvalue weighted by atomic mass is 16.5. The maximum Gasteiger partial charge on any atom is 0.346 e. The molecule has 0 aromatic rings. The van der Waals surface area contributed by atoms with Crippen molar-refractivity contribution in [3.63, 3.8) is 0 Å². The van der Waals surface area contributed by atoms with Crippen LogP contribution in [0.2, 0.25) is 0 Å². The second-order valence-electron chi connectivity index (χ2n) is 1.36. The molecular formula is C6H2N2O4. The van der Waals surface area contributed by atoms with Crippen molar-refractivity contribution in [2.45, 2.75) is 0 Å². The van der Waals surface area contributed by atoms with E-state index in [0.29, 0.717) is 12.2 Å². The summed E-state index contributed by atoms with van der Waals surface area (Å²) in [5.41, 5.74) is 0. The molecule has 0 aliphatic carbocycles. The summed E-state index contributed by atoms with van der Waals surface area (Å²) in [6.45, 7) is 0. The minimum absolute atomic E-state index is 0.670. The van der Waals surface area contributed by atoms with E-state index < -0.39 is 11.9 Å². The van der Waals surface area contributed by atoms with Crippen LogP contribution in [0, 0.1) is 23.0 Å². The summed E-state index contributed by atoms with van der Waals surface area (Å²) in [5, 5.41) is 15.6. The lowest BCUT2D eigenvalue weighted by atomic mass is 10.5. The smallest absolute Gasteiger partial charge is 0.346 e.